The van der Waals surface area contributed by atoms with Crippen molar-refractivity contribution in [3.8, 4) is 0 Å². The van der Waals surface area contributed by atoms with Gasteiger partial charge in [-0.25, -0.2) is 0 Å². The number of aliphatic carboxylic acids is 1. The van der Waals surface area contributed by atoms with Gasteiger partial charge in [-0.15, -0.1) is 0 Å². The number of hydrogen-bond acceptors (Lipinski definition) is 4. The molecule has 0 bridgehead atoms. The van der Waals surface area contributed by atoms with Crippen LogP contribution in [0.25, 0.3) is 0 Å². The molecule has 0 aliphatic carbocycles. The molecule has 0 saturated heterocycles. The van der Waals surface area contributed by atoms with Gasteiger partial charge >= 0.3 is 5.97 Å². The fraction of sp³-hybridized carbons (Fsp3) is 0.263. The Morgan fingerprint density at radius 3 is 1.88 bits per heavy atom. The smallest absolute Gasteiger partial charge is 0.313 e. The minimum Gasteiger partial charge on any atom is -0.481 e. The zero-order valence-corrected chi connectivity index (χ0v) is 14.1. The molecule has 0 aromatic heterocycles. The second-order valence-electron chi connectivity index (χ2n) is 5.67. The lowest BCUT2D eigenvalue weighted by Crippen LogP contribution is -2.38. The molecular formula is C19H24N2O4. The van der Waals surface area contributed by atoms with Gasteiger partial charge < -0.3 is 21.7 Å². The van der Waals surface area contributed by atoms with Gasteiger partial charge in [0, 0.05) is 0 Å². The summed E-state index contributed by atoms with van der Waals surface area (Å²) < 4.78 is 0. The first-order chi connectivity index (χ1) is 11.8. The predicted molar refractivity (Wildman–Crippen MR) is 95.8 cm³/mol. The molecule has 0 spiro atoms. The van der Waals surface area contributed by atoms with Gasteiger partial charge in [0.2, 0.25) is 5.91 Å². The van der Waals surface area contributed by atoms with Crippen LogP contribution in [0.15, 0.2) is 60.7 Å². The number of hydrogen-bond donors (Lipinski definition) is 4. The summed E-state index contributed by atoms with van der Waals surface area (Å²) in [7, 11) is 0. The average Bonchev–Trinajstić information content (AvgIpc) is 2.56. The summed E-state index contributed by atoms with van der Waals surface area (Å²) in [5.74, 6) is -2.29. The van der Waals surface area contributed by atoms with E-state index in [-0.39, 0.29) is 0 Å². The number of carboxylic acid groups (broad SMARTS) is 1. The lowest BCUT2D eigenvalue weighted by molar-refractivity contribution is -0.141. The predicted octanol–water partition coefficient (Wildman–Crippen LogP) is 1.28. The lowest BCUT2D eigenvalue weighted by Gasteiger charge is -2.14. The summed E-state index contributed by atoms with van der Waals surface area (Å²) in [6.45, 7) is 1.48. The number of carboxylic acids is 1. The molecule has 0 aliphatic rings. The van der Waals surface area contributed by atoms with Gasteiger partial charge in [0.1, 0.15) is 5.92 Å². The average molecular weight is 344 g/mol. The Labute approximate surface area is 147 Å². The number of aliphatic hydroxyl groups excluding tert-OH is 1. The van der Waals surface area contributed by atoms with E-state index in [4.69, 9.17) is 16.6 Å². The standard InChI is InChI=1S/C10H12O3.C9H12N2O/c1-7(11)9(10(12)13)8-5-3-2-4-6-8;10-8(9(11)12)6-7-4-2-1-3-5-7/h2-7,9,11H,1H3,(H,12,13);1-5,8H,6,10H2,(H2,11,12). The monoisotopic (exact) mass is 344 g/mol. The topological polar surface area (TPSA) is 127 Å². The third kappa shape index (κ3) is 7.15. The molecule has 6 heteroatoms. The normalized spacial score (nSPS) is 13.7. The molecule has 2 rings (SSSR count). The van der Waals surface area contributed by atoms with Gasteiger partial charge in [-0.05, 0) is 24.5 Å². The highest BCUT2D eigenvalue weighted by Crippen LogP contribution is 2.19. The van der Waals surface area contributed by atoms with E-state index in [1.807, 2.05) is 36.4 Å². The summed E-state index contributed by atoms with van der Waals surface area (Å²) in [6.07, 6.45) is -0.365. The maximum atomic E-state index is 10.8. The van der Waals surface area contributed by atoms with E-state index < -0.39 is 29.9 Å². The summed E-state index contributed by atoms with van der Waals surface area (Å²) in [6, 6.07) is 17.7. The number of carbonyl (C=O) groups is 2. The zero-order valence-electron chi connectivity index (χ0n) is 14.1. The van der Waals surface area contributed by atoms with E-state index in [0.717, 1.165) is 5.56 Å². The molecule has 0 aliphatic heterocycles. The van der Waals surface area contributed by atoms with Crippen LogP contribution in [0.3, 0.4) is 0 Å². The molecule has 2 aromatic rings. The van der Waals surface area contributed by atoms with Crippen LogP contribution in [-0.2, 0) is 16.0 Å². The molecule has 1 amide bonds. The Hall–Kier alpha value is -2.70. The van der Waals surface area contributed by atoms with Crippen molar-refractivity contribution in [2.24, 2.45) is 11.5 Å². The van der Waals surface area contributed by atoms with Crippen molar-refractivity contribution in [1.29, 1.82) is 0 Å². The van der Waals surface area contributed by atoms with Crippen molar-refractivity contribution < 1.29 is 19.8 Å². The van der Waals surface area contributed by atoms with Gasteiger partial charge in [-0.3, -0.25) is 9.59 Å². The van der Waals surface area contributed by atoms with Crippen LogP contribution in [0.4, 0.5) is 0 Å². The van der Waals surface area contributed by atoms with Crippen LogP contribution >= 0.6 is 0 Å². The number of carbonyl (C=O) groups excluding carboxylic acids is 1. The van der Waals surface area contributed by atoms with Gasteiger partial charge in [0.25, 0.3) is 0 Å². The first-order valence-electron chi connectivity index (χ1n) is 7.87. The van der Waals surface area contributed by atoms with Gasteiger partial charge in [0.15, 0.2) is 0 Å². The van der Waals surface area contributed by atoms with Gasteiger partial charge in [-0.2, -0.15) is 0 Å². The number of aliphatic hydroxyl groups is 1. The molecule has 6 N–H and O–H groups in total. The molecule has 0 heterocycles. The molecule has 6 nitrogen and oxygen atoms in total. The van der Waals surface area contributed by atoms with E-state index in [9.17, 15) is 14.7 Å². The van der Waals surface area contributed by atoms with Crippen LogP contribution < -0.4 is 11.5 Å². The second kappa shape index (κ2) is 10.2. The Kier molecular flexibility index (Phi) is 8.32. The largest absolute Gasteiger partial charge is 0.481 e. The van der Waals surface area contributed by atoms with Crippen LogP contribution in [0.2, 0.25) is 0 Å². The molecular weight excluding hydrogens is 320 g/mol. The minimum absolute atomic E-state index is 0.459. The van der Waals surface area contributed by atoms with Crippen LogP contribution in [0.1, 0.15) is 24.0 Å². The molecule has 134 valence electrons. The lowest BCUT2D eigenvalue weighted by atomic mass is 9.95. The molecule has 3 atom stereocenters. The van der Waals surface area contributed by atoms with Crippen LogP contribution in [0, 0.1) is 0 Å². The highest BCUT2D eigenvalue weighted by Gasteiger charge is 2.24. The molecule has 0 radical (unpaired) electrons. The number of rotatable bonds is 6. The summed E-state index contributed by atoms with van der Waals surface area (Å²) in [4.78, 5) is 21.4. The van der Waals surface area contributed by atoms with Crippen molar-refractivity contribution in [2.45, 2.75) is 31.4 Å². The first-order valence-corrected chi connectivity index (χ1v) is 7.87. The fourth-order valence-corrected chi connectivity index (χ4v) is 2.26. The Morgan fingerprint density at radius 2 is 1.48 bits per heavy atom. The molecule has 2 aromatic carbocycles. The summed E-state index contributed by atoms with van der Waals surface area (Å²) in [5.41, 5.74) is 12.2. The summed E-state index contributed by atoms with van der Waals surface area (Å²) in [5, 5.41) is 18.1. The van der Waals surface area contributed by atoms with Crippen LogP contribution in [-0.4, -0.2) is 34.2 Å². The quantitative estimate of drug-likeness (QED) is 0.628. The first kappa shape index (κ1) is 20.3. The zero-order chi connectivity index (χ0) is 18.8. The molecule has 3 unspecified atom stereocenters. The van der Waals surface area contributed by atoms with Crippen molar-refractivity contribution in [3.05, 3.63) is 71.8 Å². The van der Waals surface area contributed by atoms with E-state index in [2.05, 4.69) is 0 Å². The SMILES string of the molecule is CC(O)C(C(=O)O)c1ccccc1.NC(=O)C(N)Cc1ccccc1. The van der Waals surface area contributed by atoms with E-state index in [0.29, 0.717) is 12.0 Å². The third-order valence-electron chi connectivity index (χ3n) is 3.57. The Bertz CT molecular complexity index is 660. The Balaban J connectivity index is 0.000000251. The Morgan fingerprint density at radius 1 is 1.00 bits per heavy atom. The second-order valence-corrected chi connectivity index (χ2v) is 5.67. The fourth-order valence-electron chi connectivity index (χ4n) is 2.26. The number of benzene rings is 2. The number of primary amides is 1. The van der Waals surface area contributed by atoms with E-state index >= 15 is 0 Å². The van der Waals surface area contributed by atoms with Crippen molar-refractivity contribution in [1.82, 2.24) is 0 Å². The number of amides is 1. The van der Waals surface area contributed by atoms with Crippen molar-refractivity contribution >= 4 is 11.9 Å². The van der Waals surface area contributed by atoms with Gasteiger partial charge in [0.05, 0.1) is 12.1 Å². The maximum absolute atomic E-state index is 10.8. The summed E-state index contributed by atoms with van der Waals surface area (Å²) >= 11 is 0. The molecule has 25 heavy (non-hydrogen) atoms. The minimum atomic E-state index is -0.999. The van der Waals surface area contributed by atoms with Crippen molar-refractivity contribution in [3.63, 3.8) is 0 Å². The van der Waals surface area contributed by atoms with E-state index in [1.165, 1.54) is 6.92 Å². The molecule has 0 saturated carbocycles. The highest BCUT2D eigenvalue weighted by atomic mass is 16.4. The van der Waals surface area contributed by atoms with Crippen molar-refractivity contribution in [2.75, 3.05) is 0 Å². The maximum Gasteiger partial charge on any atom is 0.313 e. The number of nitrogens with two attached hydrogens (primary N) is 2. The van der Waals surface area contributed by atoms with Crippen LogP contribution in [0.5, 0.6) is 0 Å². The van der Waals surface area contributed by atoms with E-state index in [1.54, 1.807) is 24.3 Å². The molecule has 0 fully saturated rings. The highest BCUT2D eigenvalue weighted by molar-refractivity contribution is 5.79. The third-order valence-corrected chi connectivity index (χ3v) is 3.57. The van der Waals surface area contributed by atoms with Gasteiger partial charge in [-0.1, -0.05) is 60.7 Å².